The SMILES string of the molecule is CCC(N)Cc1cccc(OCc2c(Cl)cccc2Cl)c1. The molecule has 0 saturated carbocycles. The van der Waals surface area contributed by atoms with Crippen molar-refractivity contribution in [2.45, 2.75) is 32.4 Å². The quantitative estimate of drug-likeness (QED) is 0.824. The summed E-state index contributed by atoms with van der Waals surface area (Å²) in [6, 6.07) is 13.6. The van der Waals surface area contributed by atoms with Crippen molar-refractivity contribution in [3.63, 3.8) is 0 Å². The Balaban J connectivity index is 2.05. The molecule has 0 bridgehead atoms. The predicted octanol–water partition coefficient (Wildman–Crippen LogP) is 4.85. The summed E-state index contributed by atoms with van der Waals surface area (Å²) in [6.07, 6.45) is 1.81. The van der Waals surface area contributed by atoms with Gasteiger partial charge >= 0.3 is 0 Å². The molecule has 0 spiro atoms. The number of hydrogen-bond donors (Lipinski definition) is 1. The summed E-state index contributed by atoms with van der Waals surface area (Å²) in [7, 11) is 0. The minimum Gasteiger partial charge on any atom is -0.489 e. The van der Waals surface area contributed by atoms with Gasteiger partial charge in [0.2, 0.25) is 0 Å². The van der Waals surface area contributed by atoms with E-state index in [1.54, 1.807) is 0 Å². The Morgan fingerprint density at radius 3 is 2.43 bits per heavy atom. The molecule has 1 atom stereocenters. The van der Waals surface area contributed by atoms with Crippen molar-refractivity contribution in [2.24, 2.45) is 5.73 Å². The number of rotatable bonds is 6. The number of nitrogens with two attached hydrogens (primary N) is 1. The Bertz CT molecular complexity index is 581. The van der Waals surface area contributed by atoms with Crippen LogP contribution < -0.4 is 10.5 Å². The molecule has 2 aromatic rings. The van der Waals surface area contributed by atoms with Crippen LogP contribution >= 0.6 is 23.2 Å². The van der Waals surface area contributed by atoms with Gasteiger partial charge < -0.3 is 10.5 Å². The predicted molar refractivity (Wildman–Crippen MR) is 89.2 cm³/mol. The summed E-state index contributed by atoms with van der Waals surface area (Å²) in [5.74, 6) is 0.798. The average Bonchev–Trinajstić information content (AvgIpc) is 2.47. The van der Waals surface area contributed by atoms with Gasteiger partial charge in [0.05, 0.1) is 0 Å². The zero-order valence-electron chi connectivity index (χ0n) is 12.0. The van der Waals surface area contributed by atoms with Crippen LogP contribution in [0.25, 0.3) is 0 Å². The molecular weight excluding hydrogens is 305 g/mol. The average molecular weight is 324 g/mol. The van der Waals surface area contributed by atoms with Crippen LogP contribution in [0, 0.1) is 0 Å². The van der Waals surface area contributed by atoms with Gasteiger partial charge in [0.15, 0.2) is 0 Å². The van der Waals surface area contributed by atoms with Gasteiger partial charge in [0, 0.05) is 21.7 Å². The molecule has 21 heavy (non-hydrogen) atoms. The zero-order valence-corrected chi connectivity index (χ0v) is 13.5. The summed E-state index contributed by atoms with van der Waals surface area (Å²) < 4.78 is 5.80. The van der Waals surface area contributed by atoms with Crippen molar-refractivity contribution in [1.29, 1.82) is 0 Å². The molecule has 2 N–H and O–H groups in total. The largest absolute Gasteiger partial charge is 0.489 e. The molecular formula is C17H19Cl2NO. The first-order valence-electron chi connectivity index (χ1n) is 7.00. The molecule has 0 amide bonds. The van der Waals surface area contributed by atoms with Gasteiger partial charge in [-0.3, -0.25) is 0 Å². The van der Waals surface area contributed by atoms with Gasteiger partial charge in [0.1, 0.15) is 12.4 Å². The third-order valence-corrected chi connectivity index (χ3v) is 4.07. The van der Waals surface area contributed by atoms with Gasteiger partial charge in [-0.05, 0) is 42.7 Å². The van der Waals surface area contributed by atoms with E-state index in [9.17, 15) is 0 Å². The van der Waals surface area contributed by atoms with E-state index in [0.717, 1.165) is 24.2 Å². The molecule has 2 aromatic carbocycles. The molecule has 1 unspecified atom stereocenters. The summed E-state index contributed by atoms with van der Waals surface area (Å²) in [4.78, 5) is 0. The van der Waals surface area contributed by atoms with Crippen LogP contribution in [0.1, 0.15) is 24.5 Å². The summed E-state index contributed by atoms with van der Waals surface area (Å²) >= 11 is 12.3. The zero-order chi connectivity index (χ0) is 15.2. The van der Waals surface area contributed by atoms with Crippen LogP contribution in [0.4, 0.5) is 0 Å². The van der Waals surface area contributed by atoms with Crippen LogP contribution in [0.2, 0.25) is 10.0 Å². The topological polar surface area (TPSA) is 35.2 Å². The second-order valence-electron chi connectivity index (χ2n) is 5.01. The van der Waals surface area contributed by atoms with Gasteiger partial charge in [-0.1, -0.05) is 48.3 Å². The van der Waals surface area contributed by atoms with E-state index in [1.165, 1.54) is 5.56 Å². The fourth-order valence-electron chi connectivity index (χ4n) is 2.04. The molecule has 0 saturated heterocycles. The van der Waals surface area contributed by atoms with Crippen molar-refractivity contribution in [2.75, 3.05) is 0 Å². The second-order valence-corrected chi connectivity index (χ2v) is 5.82. The normalized spacial score (nSPS) is 12.2. The Morgan fingerprint density at radius 2 is 1.76 bits per heavy atom. The van der Waals surface area contributed by atoms with E-state index < -0.39 is 0 Å². The smallest absolute Gasteiger partial charge is 0.120 e. The first-order valence-corrected chi connectivity index (χ1v) is 7.76. The minimum absolute atomic E-state index is 0.179. The van der Waals surface area contributed by atoms with E-state index in [2.05, 4.69) is 13.0 Å². The van der Waals surface area contributed by atoms with E-state index in [-0.39, 0.29) is 6.04 Å². The Morgan fingerprint density at radius 1 is 1.10 bits per heavy atom. The van der Waals surface area contributed by atoms with Crippen LogP contribution in [-0.2, 0) is 13.0 Å². The van der Waals surface area contributed by atoms with E-state index in [0.29, 0.717) is 16.7 Å². The highest BCUT2D eigenvalue weighted by Gasteiger charge is 2.07. The Labute approximate surface area is 135 Å². The van der Waals surface area contributed by atoms with Crippen LogP contribution in [-0.4, -0.2) is 6.04 Å². The molecule has 2 rings (SSSR count). The second kappa shape index (κ2) is 7.69. The first kappa shape index (κ1) is 16.2. The lowest BCUT2D eigenvalue weighted by molar-refractivity contribution is 0.306. The first-order chi connectivity index (χ1) is 10.1. The molecule has 0 aliphatic rings. The lowest BCUT2D eigenvalue weighted by atomic mass is 10.0. The van der Waals surface area contributed by atoms with Crippen molar-refractivity contribution >= 4 is 23.2 Å². The molecule has 4 heteroatoms. The molecule has 2 nitrogen and oxygen atoms in total. The summed E-state index contributed by atoms with van der Waals surface area (Å²) in [5.41, 5.74) is 7.96. The van der Waals surface area contributed by atoms with Crippen molar-refractivity contribution in [3.8, 4) is 5.75 Å². The highest BCUT2D eigenvalue weighted by Crippen LogP contribution is 2.26. The van der Waals surface area contributed by atoms with Gasteiger partial charge in [-0.2, -0.15) is 0 Å². The van der Waals surface area contributed by atoms with E-state index in [1.807, 2.05) is 36.4 Å². The fraction of sp³-hybridized carbons (Fsp3) is 0.294. The van der Waals surface area contributed by atoms with Crippen molar-refractivity contribution < 1.29 is 4.74 Å². The molecule has 0 fully saturated rings. The minimum atomic E-state index is 0.179. The summed E-state index contributed by atoms with van der Waals surface area (Å²) in [6.45, 7) is 2.44. The standard InChI is InChI=1S/C17H19Cl2NO/c1-2-13(20)9-12-5-3-6-14(10-12)21-11-15-16(18)7-4-8-17(15)19/h3-8,10,13H,2,9,11,20H2,1H3. The maximum absolute atomic E-state index is 6.13. The Hall–Kier alpha value is -1.22. The van der Waals surface area contributed by atoms with Gasteiger partial charge in [-0.25, -0.2) is 0 Å². The highest BCUT2D eigenvalue weighted by molar-refractivity contribution is 6.35. The molecule has 0 aromatic heterocycles. The fourth-order valence-corrected chi connectivity index (χ4v) is 2.54. The van der Waals surface area contributed by atoms with E-state index in [4.69, 9.17) is 33.7 Å². The molecule has 0 radical (unpaired) electrons. The van der Waals surface area contributed by atoms with Gasteiger partial charge in [0.25, 0.3) is 0 Å². The maximum Gasteiger partial charge on any atom is 0.120 e. The number of halogens is 2. The third kappa shape index (κ3) is 4.63. The molecule has 0 aliphatic carbocycles. The molecule has 112 valence electrons. The molecule has 0 heterocycles. The van der Waals surface area contributed by atoms with Crippen LogP contribution in [0.15, 0.2) is 42.5 Å². The number of hydrogen-bond acceptors (Lipinski definition) is 2. The maximum atomic E-state index is 6.13. The Kier molecular flexibility index (Phi) is 5.92. The van der Waals surface area contributed by atoms with E-state index >= 15 is 0 Å². The monoisotopic (exact) mass is 323 g/mol. The lowest BCUT2D eigenvalue weighted by Gasteiger charge is -2.12. The number of ether oxygens (including phenoxy) is 1. The van der Waals surface area contributed by atoms with Crippen LogP contribution in [0.5, 0.6) is 5.75 Å². The van der Waals surface area contributed by atoms with Crippen molar-refractivity contribution in [1.82, 2.24) is 0 Å². The molecule has 0 aliphatic heterocycles. The number of benzene rings is 2. The summed E-state index contributed by atoms with van der Waals surface area (Å²) in [5, 5.41) is 1.23. The van der Waals surface area contributed by atoms with Crippen molar-refractivity contribution in [3.05, 3.63) is 63.6 Å². The highest BCUT2D eigenvalue weighted by atomic mass is 35.5. The third-order valence-electron chi connectivity index (χ3n) is 3.37. The lowest BCUT2D eigenvalue weighted by Crippen LogP contribution is -2.21. The van der Waals surface area contributed by atoms with Crippen LogP contribution in [0.3, 0.4) is 0 Å². The van der Waals surface area contributed by atoms with Gasteiger partial charge in [-0.15, -0.1) is 0 Å².